The van der Waals surface area contributed by atoms with Crippen molar-refractivity contribution in [3.8, 4) is 5.75 Å². The van der Waals surface area contributed by atoms with Gasteiger partial charge in [-0.2, -0.15) is 11.3 Å². The van der Waals surface area contributed by atoms with Crippen LogP contribution < -0.4 is 20.7 Å². The molecule has 6 nitrogen and oxygen atoms in total. The lowest BCUT2D eigenvalue weighted by Gasteiger charge is -2.15. The van der Waals surface area contributed by atoms with E-state index in [1.165, 1.54) is 12.5 Å². The number of aliphatic imine (C=N–C) groups is 1. The van der Waals surface area contributed by atoms with Crippen LogP contribution in [0.15, 0.2) is 46.1 Å². The zero-order chi connectivity index (χ0) is 18.8. The van der Waals surface area contributed by atoms with E-state index in [9.17, 15) is 4.79 Å². The summed E-state index contributed by atoms with van der Waals surface area (Å²) in [4.78, 5) is 15.3. The highest BCUT2D eigenvalue weighted by atomic mass is 127. The van der Waals surface area contributed by atoms with Crippen LogP contribution in [0.1, 0.15) is 25.3 Å². The second kappa shape index (κ2) is 12.6. The van der Waals surface area contributed by atoms with E-state index in [2.05, 4.69) is 44.7 Å². The summed E-state index contributed by atoms with van der Waals surface area (Å²) in [7, 11) is 1.75. The summed E-state index contributed by atoms with van der Waals surface area (Å²) in [5.41, 5.74) is 2.06. The van der Waals surface area contributed by atoms with E-state index in [4.69, 9.17) is 4.74 Å². The van der Waals surface area contributed by atoms with Crippen molar-refractivity contribution in [2.75, 3.05) is 32.1 Å². The maximum absolute atomic E-state index is 11.1. The lowest BCUT2D eigenvalue weighted by Crippen LogP contribution is -2.40. The van der Waals surface area contributed by atoms with Crippen LogP contribution in [0, 0.1) is 0 Å². The molecule has 3 N–H and O–H groups in total. The molecule has 0 fully saturated rings. The molecule has 0 aliphatic heterocycles. The molecule has 1 atom stereocenters. The van der Waals surface area contributed by atoms with Crippen molar-refractivity contribution in [1.82, 2.24) is 10.6 Å². The fourth-order valence-electron chi connectivity index (χ4n) is 2.35. The molecule has 1 aromatic carbocycles. The number of hydrogen-bond donors (Lipinski definition) is 3. The molecule has 0 bridgehead atoms. The van der Waals surface area contributed by atoms with Crippen LogP contribution in [0.2, 0.25) is 0 Å². The van der Waals surface area contributed by atoms with Crippen molar-refractivity contribution in [2.45, 2.75) is 19.8 Å². The number of carbonyl (C=O) groups excluding carboxylic acids is 1. The number of nitrogens with zero attached hydrogens (tertiary/aromatic N) is 1. The standard InChI is InChI=1S/C19H26N4O2S.HI/c1-14(16-7-10-26-13-16)12-22-19(20-3)21-8-9-25-18-6-4-5-17(11-18)23-15(2)24;/h4-7,10-11,13-14H,8-9,12H2,1-3H3,(H,23,24)(H2,20,21,22);1H. The summed E-state index contributed by atoms with van der Waals surface area (Å²) in [6.45, 7) is 5.60. The first-order valence-corrected chi connectivity index (χ1v) is 9.50. The third-order valence-corrected chi connectivity index (χ3v) is 4.43. The number of carbonyl (C=O) groups is 1. The van der Waals surface area contributed by atoms with Crippen LogP contribution >= 0.6 is 35.3 Å². The highest BCUT2D eigenvalue weighted by Gasteiger charge is 2.07. The van der Waals surface area contributed by atoms with E-state index in [1.807, 2.05) is 18.2 Å². The molecule has 0 saturated heterocycles. The van der Waals surface area contributed by atoms with Crippen molar-refractivity contribution in [1.29, 1.82) is 0 Å². The molecule has 2 aromatic rings. The van der Waals surface area contributed by atoms with Crippen molar-refractivity contribution < 1.29 is 9.53 Å². The number of amides is 1. The largest absolute Gasteiger partial charge is 0.492 e. The van der Waals surface area contributed by atoms with Crippen LogP contribution in [0.5, 0.6) is 5.75 Å². The minimum absolute atomic E-state index is 0. The van der Waals surface area contributed by atoms with Gasteiger partial charge in [0.1, 0.15) is 12.4 Å². The zero-order valence-electron chi connectivity index (χ0n) is 15.8. The van der Waals surface area contributed by atoms with Crippen molar-refractivity contribution in [3.63, 3.8) is 0 Å². The number of rotatable bonds is 8. The van der Waals surface area contributed by atoms with Gasteiger partial charge in [-0.05, 0) is 40.4 Å². The average Bonchev–Trinajstić information content (AvgIpc) is 3.15. The second-order valence-electron chi connectivity index (χ2n) is 5.90. The Balaban J connectivity index is 0.00000364. The Hall–Kier alpha value is -1.81. The molecule has 8 heteroatoms. The predicted molar refractivity (Wildman–Crippen MR) is 124 cm³/mol. The van der Waals surface area contributed by atoms with Crippen LogP contribution in [0.4, 0.5) is 5.69 Å². The topological polar surface area (TPSA) is 74.8 Å². The molecule has 1 heterocycles. The van der Waals surface area contributed by atoms with E-state index in [0.717, 1.165) is 18.2 Å². The summed E-state index contributed by atoms with van der Waals surface area (Å²) in [5.74, 6) is 1.79. The van der Waals surface area contributed by atoms with E-state index < -0.39 is 0 Å². The van der Waals surface area contributed by atoms with Crippen molar-refractivity contribution in [2.24, 2.45) is 4.99 Å². The van der Waals surface area contributed by atoms with Crippen LogP contribution in [0.25, 0.3) is 0 Å². The van der Waals surface area contributed by atoms with Gasteiger partial charge in [-0.25, -0.2) is 0 Å². The zero-order valence-corrected chi connectivity index (χ0v) is 19.0. The van der Waals surface area contributed by atoms with Gasteiger partial charge >= 0.3 is 0 Å². The summed E-state index contributed by atoms with van der Waals surface area (Å²) in [6.07, 6.45) is 0. The molecule has 148 valence electrons. The first-order chi connectivity index (χ1) is 12.6. The van der Waals surface area contributed by atoms with Gasteiger partial charge in [-0.15, -0.1) is 24.0 Å². The number of guanidine groups is 1. The fraction of sp³-hybridized carbons (Fsp3) is 0.368. The maximum Gasteiger partial charge on any atom is 0.221 e. The molecule has 1 unspecified atom stereocenters. The molecule has 1 aromatic heterocycles. The Morgan fingerprint density at radius 2 is 2.11 bits per heavy atom. The van der Waals surface area contributed by atoms with E-state index >= 15 is 0 Å². The number of halogens is 1. The summed E-state index contributed by atoms with van der Waals surface area (Å²) >= 11 is 1.71. The molecule has 0 saturated carbocycles. The van der Waals surface area contributed by atoms with Gasteiger partial charge in [0.2, 0.25) is 5.91 Å². The molecule has 0 aliphatic carbocycles. The first kappa shape index (κ1) is 23.2. The second-order valence-corrected chi connectivity index (χ2v) is 6.68. The van der Waals surface area contributed by atoms with Crippen molar-refractivity contribution >= 4 is 52.9 Å². The lowest BCUT2D eigenvalue weighted by atomic mass is 10.1. The normalized spacial score (nSPS) is 11.9. The van der Waals surface area contributed by atoms with Crippen LogP contribution in [-0.2, 0) is 4.79 Å². The fourth-order valence-corrected chi connectivity index (χ4v) is 3.13. The smallest absolute Gasteiger partial charge is 0.221 e. The lowest BCUT2D eigenvalue weighted by molar-refractivity contribution is -0.114. The SMILES string of the molecule is CN=C(NCCOc1cccc(NC(C)=O)c1)NCC(C)c1ccsc1.I. The Morgan fingerprint density at radius 3 is 2.78 bits per heavy atom. The molecular formula is C19H27IN4O2S. The van der Waals surface area contributed by atoms with Gasteiger partial charge in [-0.3, -0.25) is 9.79 Å². The molecule has 1 amide bonds. The third-order valence-electron chi connectivity index (χ3n) is 3.73. The number of thiophene rings is 1. The third kappa shape index (κ3) is 8.61. The van der Waals surface area contributed by atoms with Gasteiger partial charge in [0.15, 0.2) is 5.96 Å². The minimum Gasteiger partial charge on any atom is -0.492 e. The van der Waals surface area contributed by atoms with Crippen LogP contribution in [-0.4, -0.2) is 38.6 Å². The van der Waals surface area contributed by atoms with E-state index in [1.54, 1.807) is 24.5 Å². The Kier molecular flexibility index (Phi) is 10.8. The first-order valence-electron chi connectivity index (χ1n) is 8.55. The van der Waals surface area contributed by atoms with Gasteiger partial charge in [0, 0.05) is 32.3 Å². The number of hydrogen-bond acceptors (Lipinski definition) is 4. The van der Waals surface area contributed by atoms with E-state index in [-0.39, 0.29) is 29.9 Å². The monoisotopic (exact) mass is 502 g/mol. The molecule has 2 rings (SSSR count). The molecule has 0 spiro atoms. The summed E-state index contributed by atoms with van der Waals surface area (Å²) in [5, 5.41) is 13.6. The Morgan fingerprint density at radius 1 is 1.30 bits per heavy atom. The number of nitrogens with one attached hydrogen (secondary N) is 3. The Labute approximate surface area is 181 Å². The minimum atomic E-state index is -0.102. The van der Waals surface area contributed by atoms with E-state index in [0.29, 0.717) is 24.8 Å². The number of ether oxygens (including phenoxy) is 1. The molecule has 27 heavy (non-hydrogen) atoms. The Bertz CT molecular complexity index is 722. The predicted octanol–water partition coefficient (Wildman–Crippen LogP) is 3.67. The highest BCUT2D eigenvalue weighted by molar-refractivity contribution is 14.0. The highest BCUT2D eigenvalue weighted by Crippen LogP contribution is 2.17. The summed E-state index contributed by atoms with van der Waals surface area (Å²) in [6, 6.07) is 9.49. The molecular weight excluding hydrogens is 475 g/mol. The van der Waals surface area contributed by atoms with Gasteiger partial charge in [0.05, 0.1) is 6.54 Å². The average molecular weight is 502 g/mol. The molecule has 0 radical (unpaired) electrons. The number of benzene rings is 1. The van der Waals surface area contributed by atoms with Gasteiger partial charge < -0.3 is 20.7 Å². The molecule has 0 aliphatic rings. The maximum atomic E-state index is 11.1. The van der Waals surface area contributed by atoms with Gasteiger partial charge in [-0.1, -0.05) is 13.0 Å². The quantitative estimate of drug-likeness (QED) is 0.223. The number of anilines is 1. The van der Waals surface area contributed by atoms with Gasteiger partial charge in [0.25, 0.3) is 0 Å². The summed E-state index contributed by atoms with van der Waals surface area (Å²) < 4.78 is 5.71. The van der Waals surface area contributed by atoms with Crippen LogP contribution in [0.3, 0.4) is 0 Å². The van der Waals surface area contributed by atoms with Crippen molar-refractivity contribution in [3.05, 3.63) is 46.7 Å².